The minimum atomic E-state index is -1.12. The summed E-state index contributed by atoms with van der Waals surface area (Å²) in [5.41, 5.74) is 5.25. The molecule has 0 aromatic carbocycles. The molecule has 8 heteroatoms. The number of imidazole rings is 1. The van der Waals surface area contributed by atoms with Crippen LogP contribution in [0.1, 0.15) is 12.7 Å². The number of aliphatic imine (C=N–C) groups is 1. The molecular formula is C22H29N5O2Si. The molecule has 1 unspecified atom stereocenters. The average Bonchev–Trinajstić information content (AvgIpc) is 3.42. The van der Waals surface area contributed by atoms with E-state index in [0.717, 1.165) is 41.5 Å². The van der Waals surface area contributed by atoms with Crippen LogP contribution in [0.25, 0.3) is 17.5 Å². The first-order chi connectivity index (χ1) is 14.4. The number of rotatable bonds is 8. The van der Waals surface area contributed by atoms with Crippen molar-refractivity contribution in [1.29, 1.82) is 0 Å². The van der Waals surface area contributed by atoms with Gasteiger partial charge in [-0.15, -0.1) is 0 Å². The van der Waals surface area contributed by atoms with Crippen LogP contribution in [-0.2, 0) is 11.5 Å². The first-order valence-electron chi connectivity index (χ1n) is 10.2. The molecule has 0 spiro atoms. The summed E-state index contributed by atoms with van der Waals surface area (Å²) < 4.78 is 13.5. The fourth-order valence-electron chi connectivity index (χ4n) is 3.20. The van der Waals surface area contributed by atoms with Crippen molar-refractivity contribution in [2.45, 2.75) is 45.5 Å². The van der Waals surface area contributed by atoms with E-state index in [1.165, 1.54) is 0 Å². The van der Waals surface area contributed by atoms with Crippen molar-refractivity contribution in [3.05, 3.63) is 60.4 Å². The van der Waals surface area contributed by atoms with E-state index in [1.807, 2.05) is 46.1 Å². The second kappa shape index (κ2) is 8.49. The number of aromatic nitrogens is 2. The van der Waals surface area contributed by atoms with E-state index in [1.54, 1.807) is 6.26 Å². The molecule has 2 aliphatic heterocycles. The maximum atomic E-state index is 5.95. The van der Waals surface area contributed by atoms with Gasteiger partial charge in [0.15, 0.2) is 11.9 Å². The Labute approximate surface area is 178 Å². The minimum absolute atomic E-state index is 0.00188. The third kappa shape index (κ3) is 4.83. The smallest absolute Gasteiger partial charge is 0.160 e. The Bertz CT molecular complexity index is 995. The zero-order valence-corrected chi connectivity index (χ0v) is 19.0. The van der Waals surface area contributed by atoms with E-state index >= 15 is 0 Å². The van der Waals surface area contributed by atoms with Gasteiger partial charge in [0, 0.05) is 26.6 Å². The summed E-state index contributed by atoms with van der Waals surface area (Å²) in [6.07, 6.45) is 13.7. The van der Waals surface area contributed by atoms with Crippen molar-refractivity contribution in [3.63, 3.8) is 0 Å². The van der Waals surface area contributed by atoms with Crippen LogP contribution >= 0.6 is 0 Å². The Balaban J connectivity index is 1.49. The zero-order valence-electron chi connectivity index (χ0n) is 18.0. The van der Waals surface area contributed by atoms with Gasteiger partial charge in [-0.05, 0) is 49.4 Å². The standard InChI is InChI=1S/C22H29N5O2Si/c1-17-7-5-9-22-24-20(25-27(17)22)10-11-21-23-18(19-8-6-12-29-19)15-26(21)16-28-13-14-30(2,3)4/h5-12,15,22H,13-14,16H2,1-4H3,(H,24,25)/b11-10-. The monoisotopic (exact) mass is 423 g/mol. The van der Waals surface area contributed by atoms with Crippen molar-refractivity contribution >= 4 is 20.0 Å². The summed E-state index contributed by atoms with van der Waals surface area (Å²) in [6, 6.07) is 4.91. The fourth-order valence-corrected chi connectivity index (χ4v) is 3.96. The Morgan fingerprint density at radius 2 is 2.17 bits per heavy atom. The highest BCUT2D eigenvalue weighted by Gasteiger charge is 2.24. The summed E-state index contributed by atoms with van der Waals surface area (Å²) in [5, 5.41) is 2.04. The number of hydrazine groups is 1. The Hall–Kier alpha value is -2.84. The van der Waals surface area contributed by atoms with Gasteiger partial charge in [0.25, 0.3) is 0 Å². The molecule has 2 aliphatic rings. The van der Waals surface area contributed by atoms with Gasteiger partial charge in [0.2, 0.25) is 0 Å². The zero-order chi connectivity index (χ0) is 21.1. The van der Waals surface area contributed by atoms with Gasteiger partial charge < -0.3 is 13.7 Å². The number of nitrogens with one attached hydrogen (secondary N) is 1. The predicted molar refractivity (Wildman–Crippen MR) is 122 cm³/mol. The van der Waals surface area contributed by atoms with Crippen LogP contribution < -0.4 is 5.43 Å². The van der Waals surface area contributed by atoms with Crippen molar-refractivity contribution in [2.24, 2.45) is 4.99 Å². The molecule has 1 atom stereocenters. The third-order valence-electron chi connectivity index (χ3n) is 4.97. The molecule has 0 fully saturated rings. The molecule has 7 nitrogen and oxygen atoms in total. The highest BCUT2D eigenvalue weighted by Crippen LogP contribution is 2.21. The largest absolute Gasteiger partial charge is 0.463 e. The fraction of sp³-hybridized carbons (Fsp3) is 0.364. The van der Waals surface area contributed by atoms with Gasteiger partial charge in [0.05, 0.1) is 6.26 Å². The number of allylic oxidation sites excluding steroid dienone is 3. The molecule has 0 saturated carbocycles. The molecule has 1 N–H and O–H groups in total. The summed E-state index contributed by atoms with van der Waals surface area (Å²) in [6.45, 7) is 10.3. The van der Waals surface area contributed by atoms with E-state index < -0.39 is 8.07 Å². The lowest BCUT2D eigenvalue weighted by Gasteiger charge is -2.25. The number of hydrogen-bond donors (Lipinski definition) is 1. The van der Waals surface area contributed by atoms with Crippen molar-refractivity contribution in [2.75, 3.05) is 6.61 Å². The molecule has 0 aliphatic carbocycles. The lowest BCUT2D eigenvalue weighted by Crippen LogP contribution is -2.39. The van der Waals surface area contributed by atoms with Crippen LogP contribution in [0.3, 0.4) is 0 Å². The molecule has 0 bridgehead atoms. The summed E-state index contributed by atoms with van der Waals surface area (Å²) in [7, 11) is -1.12. The Morgan fingerprint density at radius 1 is 1.30 bits per heavy atom. The van der Waals surface area contributed by atoms with E-state index in [-0.39, 0.29) is 6.17 Å². The molecule has 0 saturated heterocycles. The highest BCUT2D eigenvalue weighted by molar-refractivity contribution is 6.76. The van der Waals surface area contributed by atoms with Gasteiger partial charge in [-0.1, -0.05) is 25.7 Å². The molecule has 0 amide bonds. The number of hydrogen-bond acceptors (Lipinski definition) is 6. The van der Waals surface area contributed by atoms with Gasteiger partial charge in [0.1, 0.15) is 24.1 Å². The molecule has 30 heavy (non-hydrogen) atoms. The van der Waals surface area contributed by atoms with Crippen molar-refractivity contribution < 1.29 is 9.15 Å². The van der Waals surface area contributed by atoms with Gasteiger partial charge in [-0.3, -0.25) is 10.4 Å². The minimum Gasteiger partial charge on any atom is -0.463 e. The van der Waals surface area contributed by atoms with Crippen LogP contribution in [0.15, 0.2) is 64.0 Å². The average molecular weight is 424 g/mol. The van der Waals surface area contributed by atoms with E-state index in [4.69, 9.17) is 19.1 Å². The summed E-state index contributed by atoms with van der Waals surface area (Å²) in [4.78, 5) is 9.44. The number of fused-ring (bicyclic) bond motifs is 1. The lowest BCUT2D eigenvalue weighted by atomic mass is 10.2. The number of furan rings is 1. The number of ether oxygens (including phenoxy) is 1. The quantitative estimate of drug-likeness (QED) is 0.501. The second-order valence-corrected chi connectivity index (χ2v) is 14.3. The van der Waals surface area contributed by atoms with E-state index in [9.17, 15) is 0 Å². The van der Waals surface area contributed by atoms with Gasteiger partial charge in [-0.25, -0.2) is 9.98 Å². The maximum absolute atomic E-state index is 5.95. The van der Waals surface area contributed by atoms with Crippen LogP contribution in [0.2, 0.25) is 25.7 Å². The van der Waals surface area contributed by atoms with Crippen LogP contribution in [-0.4, -0.2) is 41.2 Å². The molecule has 2 aromatic heterocycles. The molecule has 158 valence electrons. The molecule has 4 rings (SSSR count). The van der Waals surface area contributed by atoms with Crippen molar-refractivity contribution in [1.82, 2.24) is 20.0 Å². The normalized spacial score (nSPS) is 18.5. The van der Waals surface area contributed by atoms with Gasteiger partial charge in [-0.2, -0.15) is 0 Å². The highest BCUT2D eigenvalue weighted by atomic mass is 28.3. The summed E-state index contributed by atoms with van der Waals surface area (Å²) >= 11 is 0. The van der Waals surface area contributed by atoms with Crippen LogP contribution in [0, 0.1) is 0 Å². The number of amidine groups is 1. The van der Waals surface area contributed by atoms with Crippen LogP contribution in [0.4, 0.5) is 0 Å². The second-order valence-electron chi connectivity index (χ2n) is 8.72. The molecule has 0 radical (unpaired) electrons. The maximum Gasteiger partial charge on any atom is 0.160 e. The first-order valence-corrected chi connectivity index (χ1v) is 14.0. The Morgan fingerprint density at radius 3 is 2.90 bits per heavy atom. The molecular weight excluding hydrogens is 394 g/mol. The van der Waals surface area contributed by atoms with Crippen LogP contribution in [0.5, 0.6) is 0 Å². The van der Waals surface area contributed by atoms with E-state index in [0.29, 0.717) is 6.73 Å². The van der Waals surface area contributed by atoms with E-state index in [2.05, 4.69) is 44.1 Å². The first kappa shape index (κ1) is 20.4. The Kier molecular flexibility index (Phi) is 5.78. The molecule has 4 heterocycles. The lowest BCUT2D eigenvalue weighted by molar-refractivity contribution is 0.0867. The summed E-state index contributed by atoms with van der Waals surface area (Å²) in [5.74, 6) is 2.34. The SMILES string of the molecule is CC1=CC=CC2N=C(/C=C\c3nc(-c4ccco4)cn3COCC[Si](C)(C)C)NN12. The topological polar surface area (TPSA) is 67.8 Å². The molecule has 2 aromatic rings. The van der Waals surface area contributed by atoms with Crippen molar-refractivity contribution in [3.8, 4) is 11.5 Å². The third-order valence-corrected chi connectivity index (χ3v) is 6.67. The van der Waals surface area contributed by atoms with Gasteiger partial charge >= 0.3 is 0 Å². The predicted octanol–water partition coefficient (Wildman–Crippen LogP) is 4.49. The number of nitrogens with zero attached hydrogens (tertiary/aromatic N) is 4.